The minimum Gasteiger partial charge on any atom is -0.302 e. The molecule has 0 saturated carbocycles. The van der Waals surface area contributed by atoms with Crippen LogP contribution < -0.4 is 0 Å². The molecule has 1 aromatic carbocycles. The molecular weight excluding hydrogens is 253 g/mol. The molecule has 2 rings (SSSR count). The maximum atomic E-state index is 13.1. The van der Waals surface area contributed by atoms with Crippen molar-refractivity contribution in [2.45, 2.75) is 12.8 Å². The van der Waals surface area contributed by atoms with Gasteiger partial charge in [0.05, 0.1) is 16.6 Å². The minimum absolute atomic E-state index is 0.00648. The van der Waals surface area contributed by atoms with Crippen molar-refractivity contribution >= 4 is 17.9 Å². The number of aromatic nitrogens is 1. The number of pyridine rings is 1. The zero-order valence-corrected chi connectivity index (χ0v) is 10.5. The summed E-state index contributed by atoms with van der Waals surface area (Å²) in [6, 6.07) is 9.71. The Labute approximate surface area is 109 Å². The molecule has 2 nitrogen and oxygen atoms in total. The van der Waals surface area contributed by atoms with Crippen molar-refractivity contribution < 1.29 is 9.18 Å². The van der Waals surface area contributed by atoms with E-state index in [1.165, 1.54) is 12.1 Å². The Bertz CT molecular complexity index is 586. The van der Waals surface area contributed by atoms with Gasteiger partial charge in [-0.3, -0.25) is 4.98 Å². The summed E-state index contributed by atoms with van der Waals surface area (Å²) < 4.78 is 13.1. The van der Waals surface area contributed by atoms with Crippen molar-refractivity contribution in [3.05, 3.63) is 64.2 Å². The molecule has 2 aromatic rings. The molecule has 0 amide bonds. The van der Waals surface area contributed by atoms with Gasteiger partial charge < -0.3 is 4.79 Å². The number of halogens is 2. The van der Waals surface area contributed by atoms with Crippen LogP contribution in [0, 0.1) is 12.7 Å². The van der Waals surface area contributed by atoms with E-state index in [0.29, 0.717) is 11.3 Å². The topological polar surface area (TPSA) is 30.0 Å². The fourth-order valence-corrected chi connectivity index (χ4v) is 1.95. The van der Waals surface area contributed by atoms with E-state index in [1.54, 1.807) is 12.1 Å². The van der Waals surface area contributed by atoms with Crippen molar-refractivity contribution in [3.63, 3.8) is 0 Å². The molecule has 1 aromatic heterocycles. The normalized spacial score (nSPS) is 12.2. The molecular formula is C14H11ClFNO. The van der Waals surface area contributed by atoms with Gasteiger partial charge in [-0.2, -0.15) is 0 Å². The first-order valence-electron chi connectivity index (χ1n) is 5.45. The molecule has 1 atom stereocenters. The summed E-state index contributed by atoms with van der Waals surface area (Å²) in [4.78, 5) is 15.5. The highest BCUT2D eigenvalue weighted by Gasteiger charge is 2.16. The first kappa shape index (κ1) is 12.7. The summed E-state index contributed by atoms with van der Waals surface area (Å²) in [6.07, 6.45) is 0.783. The maximum Gasteiger partial charge on any atom is 0.141 e. The molecule has 0 aliphatic carbocycles. The lowest BCUT2D eigenvalue weighted by Gasteiger charge is -2.11. The third-order valence-corrected chi connectivity index (χ3v) is 2.96. The van der Waals surface area contributed by atoms with Gasteiger partial charge in [0.2, 0.25) is 0 Å². The summed E-state index contributed by atoms with van der Waals surface area (Å²) in [6.45, 7) is 1.85. The van der Waals surface area contributed by atoms with E-state index in [0.717, 1.165) is 12.0 Å². The van der Waals surface area contributed by atoms with Crippen LogP contribution in [0.4, 0.5) is 4.39 Å². The van der Waals surface area contributed by atoms with Gasteiger partial charge in [0.15, 0.2) is 0 Å². The van der Waals surface area contributed by atoms with Crippen LogP contribution in [0.3, 0.4) is 0 Å². The third-order valence-electron chi connectivity index (χ3n) is 2.67. The standard InChI is InChI=1S/C14H11ClFNO/c1-9-3-2-4-14(17-9)11(8-18)10-5-6-13(16)12(15)7-10/h2-8,11H,1H3. The van der Waals surface area contributed by atoms with Gasteiger partial charge in [0.1, 0.15) is 12.1 Å². The summed E-state index contributed by atoms with van der Waals surface area (Å²) in [5.41, 5.74) is 2.09. The highest BCUT2D eigenvalue weighted by atomic mass is 35.5. The van der Waals surface area contributed by atoms with Crippen LogP contribution in [0.5, 0.6) is 0 Å². The number of nitrogens with zero attached hydrogens (tertiary/aromatic N) is 1. The fourth-order valence-electron chi connectivity index (χ4n) is 1.76. The quantitative estimate of drug-likeness (QED) is 0.793. The Hall–Kier alpha value is -1.74. The monoisotopic (exact) mass is 263 g/mol. The number of carbonyl (C=O) groups is 1. The minimum atomic E-state index is -0.525. The highest BCUT2D eigenvalue weighted by Crippen LogP contribution is 2.25. The lowest BCUT2D eigenvalue weighted by Crippen LogP contribution is -2.05. The van der Waals surface area contributed by atoms with Gasteiger partial charge in [-0.25, -0.2) is 4.39 Å². The number of benzene rings is 1. The number of rotatable bonds is 3. The van der Waals surface area contributed by atoms with E-state index in [9.17, 15) is 9.18 Å². The number of carbonyl (C=O) groups excluding carboxylic acids is 1. The van der Waals surface area contributed by atoms with E-state index in [2.05, 4.69) is 4.98 Å². The van der Waals surface area contributed by atoms with E-state index in [-0.39, 0.29) is 5.02 Å². The van der Waals surface area contributed by atoms with Crippen LogP contribution in [0.25, 0.3) is 0 Å². The molecule has 4 heteroatoms. The Morgan fingerprint density at radius 1 is 1.33 bits per heavy atom. The maximum absolute atomic E-state index is 13.1. The lowest BCUT2D eigenvalue weighted by atomic mass is 9.96. The third kappa shape index (κ3) is 2.57. The van der Waals surface area contributed by atoms with Crippen LogP contribution in [-0.4, -0.2) is 11.3 Å². The lowest BCUT2D eigenvalue weighted by molar-refractivity contribution is -0.108. The molecule has 0 bridgehead atoms. The van der Waals surface area contributed by atoms with Gasteiger partial charge in [0.25, 0.3) is 0 Å². The molecule has 0 spiro atoms. The van der Waals surface area contributed by atoms with Gasteiger partial charge in [0, 0.05) is 5.69 Å². The average Bonchev–Trinajstić information content (AvgIpc) is 2.35. The number of aryl methyl sites for hydroxylation is 1. The summed E-state index contributed by atoms with van der Waals surface area (Å²) in [5, 5.41) is 0.00648. The van der Waals surface area contributed by atoms with E-state index in [4.69, 9.17) is 11.6 Å². The smallest absolute Gasteiger partial charge is 0.141 e. The first-order valence-corrected chi connectivity index (χ1v) is 5.83. The molecule has 92 valence electrons. The second-order valence-electron chi connectivity index (χ2n) is 3.99. The van der Waals surface area contributed by atoms with Crippen molar-refractivity contribution in [1.82, 2.24) is 4.98 Å². The number of hydrogen-bond acceptors (Lipinski definition) is 2. The Kier molecular flexibility index (Phi) is 3.72. The molecule has 0 radical (unpaired) electrons. The Balaban J connectivity index is 2.45. The molecule has 1 unspecified atom stereocenters. The summed E-state index contributed by atoms with van der Waals surface area (Å²) >= 11 is 5.72. The molecule has 0 saturated heterocycles. The van der Waals surface area contributed by atoms with Gasteiger partial charge in [-0.05, 0) is 36.8 Å². The van der Waals surface area contributed by atoms with Crippen LogP contribution in [0.1, 0.15) is 22.9 Å². The Morgan fingerprint density at radius 2 is 2.11 bits per heavy atom. The van der Waals surface area contributed by atoms with Gasteiger partial charge >= 0.3 is 0 Å². The molecule has 0 fully saturated rings. The van der Waals surface area contributed by atoms with Crippen LogP contribution in [0.15, 0.2) is 36.4 Å². The fraction of sp³-hybridized carbons (Fsp3) is 0.143. The summed E-state index contributed by atoms with van der Waals surface area (Å²) in [5.74, 6) is -1.02. The zero-order valence-electron chi connectivity index (χ0n) is 9.73. The van der Waals surface area contributed by atoms with Crippen LogP contribution in [0.2, 0.25) is 5.02 Å². The molecule has 0 N–H and O–H groups in total. The van der Waals surface area contributed by atoms with E-state index >= 15 is 0 Å². The molecule has 0 aliphatic rings. The second kappa shape index (κ2) is 5.27. The van der Waals surface area contributed by atoms with Gasteiger partial charge in [-0.15, -0.1) is 0 Å². The van der Waals surface area contributed by atoms with Crippen molar-refractivity contribution in [1.29, 1.82) is 0 Å². The average molecular weight is 264 g/mol. The summed E-state index contributed by atoms with van der Waals surface area (Å²) in [7, 11) is 0. The molecule has 0 aliphatic heterocycles. The van der Waals surface area contributed by atoms with Crippen molar-refractivity contribution in [2.75, 3.05) is 0 Å². The van der Waals surface area contributed by atoms with Crippen molar-refractivity contribution in [3.8, 4) is 0 Å². The SMILES string of the molecule is Cc1cccc(C(C=O)c2ccc(F)c(Cl)c2)n1. The van der Waals surface area contributed by atoms with E-state index in [1.807, 2.05) is 19.1 Å². The van der Waals surface area contributed by atoms with Crippen LogP contribution >= 0.6 is 11.6 Å². The largest absolute Gasteiger partial charge is 0.302 e. The van der Waals surface area contributed by atoms with Crippen molar-refractivity contribution in [2.24, 2.45) is 0 Å². The molecule has 18 heavy (non-hydrogen) atoms. The predicted molar refractivity (Wildman–Crippen MR) is 68.3 cm³/mol. The number of aldehydes is 1. The predicted octanol–water partition coefficient (Wildman–Crippen LogP) is 3.51. The molecule has 1 heterocycles. The highest BCUT2D eigenvalue weighted by molar-refractivity contribution is 6.30. The Morgan fingerprint density at radius 3 is 2.72 bits per heavy atom. The van der Waals surface area contributed by atoms with E-state index < -0.39 is 11.7 Å². The second-order valence-corrected chi connectivity index (χ2v) is 4.40. The van der Waals surface area contributed by atoms with Crippen LogP contribution in [-0.2, 0) is 4.79 Å². The first-order chi connectivity index (χ1) is 8.61. The van der Waals surface area contributed by atoms with Gasteiger partial charge in [-0.1, -0.05) is 23.7 Å². The number of hydrogen-bond donors (Lipinski definition) is 0. The zero-order chi connectivity index (χ0) is 13.1.